The molecule has 1 aliphatic rings. The van der Waals surface area contributed by atoms with Crippen molar-refractivity contribution < 1.29 is 34.0 Å². The number of furan rings is 1. The molecule has 1 aromatic heterocycles. The number of likely N-dealkylation sites (tertiary alicyclic amines) is 1. The van der Waals surface area contributed by atoms with Gasteiger partial charge in [-0.3, -0.25) is 10.8 Å². The van der Waals surface area contributed by atoms with Gasteiger partial charge in [0.2, 0.25) is 0 Å². The van der Waals surface area contributed by atoms with Crippen molar-refractivity contribution in [3.05, 3.63) is 65.4 Å². The van der Waals surface area contributed by atoms with Crippen molar-refractivity contribution in [2.45, 2.75) is 32.3 Å². The summed E-state index contributed by atoms with van der Waals surface area (Å²) in [5.41, 5.74) is 8.32. The second-order valence-electron chi connectivity index (χ2n) is 7.58. The van der Waals surface area contributed by atoms with Gasteiger partial charge in [-0.05, 0) is 55.3 Å². The Labute approximate surface area is 194 Å². The van der Waals surface area contributed by atoms with Crippen LogP contribution in [0, 0.1) is 10.8 Å². The van der Waals surface area contributed by atoms with Gasteiger partial charge in [-0.15, -0.1) is 0 Å². The van der Waals surface area contributed by atoms with Crippen LogP contribution in [0.2, 0.25) is 0 Å². The topological polar surface area (TPSA) is 99.3 Å². The van der Waals surface area contributed by atoms with Crippen molar-refractivity contribution in [1.82, 2.24) is 4.90 Å². The van der Waals surface area contributed by atoms with E-state index in [-0.39, 0.29) is 36.8 Å². The summed E-state index contributed by atoms with van der Waals surface area (Å²) in [6.07, 6.45) is 2.79. The van der Waals surface area contributed by atoms with Gasteiger partial charge in [0.1, 0.15) is 29.0 Å². The lowest BCUT2D eigenvalue weighted by Crippen LogP contribution is -3.00. The number of rotatable bonds is 6. The molecule has 0 amide bonds. The molecule has 1 fully saturated rings. The minimum atomic E-state index is 0. The van der Waals surface area contributed by atoms with Crippen LogP contribution in [-0.2, 0) is 12.8 Å². The van der Waals surface area contributed by atoms with Crippen LogP contribution in [0.4, 0.5) is 0 Å². The quantitative estimate of drug-likeness (QED) is 0.291. The molecule has 3 aromatic rings. The van der Waals surface area contributed by atoms with E-state index in [4.69, 9.17) is 25.7 Å². The van der Waals surface area contributed by atoms with E-state index in [0.717, 1.165) is 54.8 Å². The van der Waals surface area contributed by atoms with Crippen LogP contribution in [-0.4, -0.2) is 35.8 Å². The first kappa shape index (κ1) is 24.6. The lowest BCUT2D eigenvalue weighted by atomic mass is 10.1. The van der Waals surface area contributed by atoms with Gasteiger partial charge in [0, 0.05) is 30.3 Å². The molecule has 166 valence electrons. The Morgan fingerprint density at radius 1 is 1.10 bits per heavy atom. The smallest absolute Gasteiger partial charge is 0.134 e. The molecule has 0 radical (unpaired) electrons. The fourth-order valence-electron chi connectivity index (χ4n) is 3.71. The van der Waals surface area contributed by atoms with Crippen LogP contribution >= 0.6 is 0 Å². The second kappa shape index (κ2) is 10.6. The fourth-order valence-corrected chi connectivity index (χ4v) is 3.71. The van der Waals surface area contributed by atoms with Gasteiger partial charge in [0.15, 0.2) is 0 Å². The van der Waals surface area contributed by atoms with E-state index < -0.39 is 0 Å². The van der Waals surface area contributed by atoms with Crippen molar-refractivity contribution in [2.24, 2.45) is 5.73 Å². The average molecular weight is 461 g/mol. The molecule has 0 spiro atoms. The number of benzene rings is 2. The highest BCUT2D eigenvalue weighted by Gasteiger charge is 2.24. The van der Waals surface area contributed by atoms with Gasteiger partial charge >= 0.3 is 0 Å². The lowest BCUT2D eigenvalue weighted by molar-refractivity contribution is -0.001000. The monoisotopic (exact) mass is 460 g/mol. The van der Waals surface area contributed by atoms with Crippen molar-refractivity contribution in [3.8, 4) is 5.75 Å². The van der Waals surface area contributed by atoms with E-state index in [1.54, 1.807) is 0 Å². The molecule has 4 rings (SSSR count). The molecule has 1 atom stereocenters. The summed E-state index contributed by atoms with van der Waals surface area (Å²) in [6.45, 7) is 3.50. The molecule has 2 aromatic carbocycles. The number of fused-ring (bicyclic) bond motifs is 1. The normalized spacial score (nSPS) is 15.3. The number of nitrogens with zero attached hydrogens (tertiary/aromatic N) is 1. The summed E-state index contributed by atoms with van der Waals surface area (Å²) >= 11 is 0. The molecule has 4 N–H and O–H groups in total. The highest BCUT2D eigenvalue weighted by atomic mass is 35.5. The van der Waals surface area contributed by atoms with E-state index in [1.807, 2.05) is 48.2 Å². The van der Waals surface area contributed by atoms with E-state index in [0.29, 0.717) is 11.4 Å². The standard InChI is InChI=1S/C23H26N4O2.2ClH/c1-15(24)27-11-10-21(14-27)28-19-6-2-16(3-7-19)4-8-20-13-18-12-17(23(25)26)5-9-22(18)29-20;;/h2-3,5-7,9,12-13,21,24H,4,8,10-11,14H2,1H3,(H3,25,26);2*1H/p-2/t21-;;/m0../s1. The summed E-state index contributed by atoms with van der Waals surface area (Å²) in [4.78, 5) is 2.05. The molecule has 6 nitrogen and oxygen atoms in total. The number of hydrogen-bond acceptors (Lipinski definition) is 4. The van der Waals surface area contributed by atoms with Gasteiger partial charge in [0.05, 0.1) is 12.4 Å². The van der Waals surface area contributed by atoms with Crippen molar-refractivity contribution >= 4 is 22.6 Å². The predicted octanol–water partition coefficient (Wildman–Crippen LogP) is -2.04. The number of aryl methyl sites for hydroxylation is 2. The number of ether oxygens (including phenoxy) is 1. The highest BCUT2D eigenvalue weighted by molar-refractivity contribution is 5.98. The maximum atomic E-state index is 7.72. The first-order valence-electron chi connectivity index (χ1n) is 9.90. The molecular formula is C23H26Cl2N4O2-2. The van der Waals surface area contributed by atoms with Gasteiger partial charge < -0.3 is 44.6 Å². The van der Waals surface area contributed by atoms with Crippen LogP contribution < -0.4 is 35.3 Å². The number of amidine groups is 2. The van der Waals surface area contributed by atoms with Gasteiger partial charge in [-0.2, -0.15) is 0 Å². The maximum Gasteiger partial charge on any atom is 0.134 e. The molecular weight excluding hydrogens is 435 g/mol. The van der Waals surface area contributed by atoms with Crippen molar-refractivity contribution in [1.29, 1.82) is 10.8 Å². The van der Waals surface area contributed by atoms with Gasteiger partial charge in [0.25, 0.3) is 0 Å². The van der Waals surface area contributed by atoms with Crippen LogP contribution in [0.5, 0.6) is 5.75 Å². The molecule has 2 heterocycles. The van der Waals surface area contributed by atoms with Crippen molar-refractivity contribution in [2.75, 3.05) is 13.1 Å². The summed E-state index contributed by atoms with van der Waals surface area (Å²) in [7, 11) is 0. The molecule has 8 heteroatoms. The third-order valence-electron chi connectivity index (χ3n) is 5.38. The van der Waals surface area contributed by atoms with E-state index in [9.17, 15) is 0 Å². The Bertz CT molecular complexity index is 1050. The number of nitrogen functional groups attached to an aromatic ring is 1. The Morgan fingerprint density at radius 2 is 1.84 bits per heavy atom. The zero-order valence-electron chi connectivity index (χ0n) is 17.3. The SMILES string of the molecule is CC(=N)N1CC[C@H](Oc2ccc(CCc3cc4cc(C(=N)N)ccc4o3)cc2)C1.[Cl-].[Cl-]. The Hall–Kier alpha value is -2.70. The van der Waals surface area contributed by atoms with Crippen molar-refractivity contribution in [3.63, 3.8) is 0 Å². The molecule has 0 saturated carbocycles. The number of hydrogen-bond donors (Lipinski definition) is 3. The first-order chi connectivity index (χ1) is 14.0. The van der Waals surface area contributed by atoms with Crippen LogP contribution in [0.15, 0.2) is 52.9 Å². The average Bonchev–Trinajstić information content (AvgIpc) is 3.33. The van der Waals surface area contributed by atoms with Crippen LogP contribution in [0.3, 0.4) is 0 Å². The molecule has 1 aliphatic heterocycles. The van der Waals surface area contributed by atoms with Gasteiger partial charge in [-0.1, -0.05) is 12.1 Å². The minimum absolute atomic E-state index is 0. The molecule has 0 aliphatic carbocycles. The summed E-state index contributed by atoms with van der Waals surface area (Å²) in [5, 5.41) is 16.2. The van der Waals surface area contributed by atoms with Crippen LogP contribution in [0.1, 0.15) is 30.2 Å². The Kier molecular flexibility index (Phi) is 8.36. The largest absolute Gasteiger partial charge is 1.00 e. The predicted molar refractivity (Wildman–Crippen MR) is 115 cm³/mol. The minimum Gasteiger partial charge on any atom is -1.00 e. The zero-order valence-corrected chi connectivity index (χ0v) is 18.8. The highest BCUT2D eigenvalue weighted by Crippen LogP contribution is 2.23. The van der Waals surface area contributed by atoms with E-state index in [2.05, 4.69) is 12.1 Å². The number of nitrogens with one attached hydrogen (secondary N) is 2. The van der Waals surface area contributed by atoms with E-state index >= 15 is 0 Å². The maximum absolute atomic E-state index is 7.72. The van der Waals surface area contributed by atoms with Crippen LogP contribution in [0.25, 0.3) is 11.0 Å². The fraction of sp³-hybridized carbons (Fsp3) is 0.304. The first-order valence-corrected chi connectivity index (χ1v) is 9.90. The zero-order chi connectivity index (χ0) is 20.4. The van der Waals surface area contributed by atoms with E-state index in [1.165, 1.54) is 5.56 Å². The second-order valence-corrected chi connectivity index (χ2v) is 7.58. The Balaban J connectivity index is 0.00000171. The number of nitrogens with two attached hydrogens (primary N) is 1. The summed E-state index contributed by atoms with van der Waals surface area (Å²) in [6, 6.07) is 15.8. The molecule has 0 bridgehead atoms. The molecule has 31 heavy (non-hydrogen) atoms. The Morgan fingerprint density at radius 3 is 2.48 bits per heavy atom. The number of halogens is 2. The lowest BCUT2D eigenvalue weighted by Gasteiger charge is -2.17. The molecule has 0 unspecified atom stereocenters. The third-order valence-corrected chi connectivity index (χ3v) is 5.38. The summed E-state index contributed by atoms with van der Waals surface area (Å²) in [5.74, 6) is 2.47. The summed E-state index contributed by atoms with van der Waals surface area (Å²) < 4.78 is 12.0. The van der Waals surface area contributed by atoms with Gasteiger partial charge in [-0.25, -0.2) is 0 Å². The molecule has 1 saturated heterocycles. The third kappa shape index (κ3) is 5.93.